The number of ether oxygens (including phenoxy) is 2. The molecule has 2 N–H and O–H groups in total. The zero-order valence-corrected chi connectivity index (χ0v) is 20.7. The summed E-state index contributed by atoms with van der Waals surface area (Å²) in [6.45, 7) is 11.0. The van der Waals surface area contributed by atoms with Crippen molar-refractivity contribution >= 4 is 18.0 Å². The summed E-state index contributed by atoms with van der Waals surface area (Å²) in [6.07, 6.45) is 0.781. The van der Waals surface area contributed by atoms with Crippen LogP contribution in [0.4, 0.5) is 4.79 Å². The molecule has 0 unspecified atom stereocenters. The van der Waals surface area contributed by atoms with Crippen LogP contribution in [-0.4, -0.2) is 43.3 Å². The molecule has 0 bridgehead atoms. The number of hydrogen-bond donors (Lipinski definition) is 2. The van der Waals surface area contributed by atoms with E-state index in [-0.39, 0.29) is 31.0 Å². The fraction of sp³-hybridized carbons (Fsp3) is 0.393. The van der Waals surface area contributed by atoms with E-state index in [1.807, 2.05) is 64.1 Å². The lowest BCUT2D eigenvalue weighted by molar-refractivity contribution is -0.148. The van der Waals surface area contributed by atoms with E-state index < -0.39 is 30.1 Å². The third kappa shape index (κ3) is 6.10. The molecule has 1 aliphatic rings. The maximum Gasteiger partial charge on any atom is 0.407 e. The van der Waals surface area contributed by atoms with Crippen molar-refractivity contribution in [3.63, 3.8) is 0 Å². The van der Waals surface area contributed by atoms with Gasteiger partial charge in [-0.1, -0.05) is 88.9 Å². The minimum absolute atomic E-state index is 0.0591. The number of hydrogen-bond acceptors (Lipinski definition) is 5. The van der Waals surface area contributed by atoms with Gasteiger partial charge in [-0.3, -0.25) is 4.79 Å². The molecule has 0 aromatic heterocycles. The van der Waals surface area contributed by atoms with E-state index >= 15 is 0 Å². The molecular weight excluding hydrogens is 444 g/mol. The molecule has 3 rings (SSSR count). The Hall–Kier alpha value is -3.61. The van der Waals surface area contributed by atoms with Crippen LogP contribution in [0.3, 0.4) is 0 Å². The van der Waals surface area contributed by atoms with Crippen molar-refractivity contribution in [3.8, 4) is 11.1 Å². The van der Waals surface area contributed by atoms with Crippen LogP contribution in [0.25, 0.3) is 11.1 Å². The molecular formula is C28H34N2O5. The van der Waals surface area contributed by atoms with Gasteiger partial charge in [0.15, 0.2) is 0 Å². The second kappa shape index (κ2) is 11.7. The Bertz CT molecular complexity index is 1030. The number of nitrogens with one attached hydrogen (secondary N) is 2. The highest BCUT2D eigenvalue weighted by Crippen LogP contribution is 2.44. The number of amides is 2. The van der Waals surface area contributed by atoms with Crippen LogP contribution in [0.1, 0.15) is 44.7 Å². The monoisotopic (exact) mass is 478 g/mol. The highest BCUT2D eigenvalue weighted by atomic mass is 16.5. The van der Waals surface area contributed by atoms with E-state index in [0.29, 0.717) is 0 Å². The van der Waals surface area contributed by atoms with Gasteiger partial charge in [0, 0.05) is 5.92 Å². The first-order valence-corrected chi connectivity index (χ1v) is 11.9. The van der Waals surface area contributed by atoms with Crippen LogP contribution in [-0.2, 0) is 19.1 Å². The van der Waals surface area contributed by atoms with E-state index in [0.717, 1.165) is 22.3 Å². The number of esters is 1. The van der Waals surface area contributed by atoms with Gasteiger partial charge in [0.1, 0.15) is 25.3 Å². The molecule has 2 aromatic rings. The molecule has 7 nitrogen and oxygen atoms in total. The summed E-state index contributed by atoms with van der Waals surface area (Å²) in [4.78, 5) is 38.1. The number of carbonyl (C=O) groups is 3. The Morgan fingerprint density at radius 3 is 1.91 bits per heavy atom. The molecule has 35 heavy (non-hydrogen) atoms. The summed E-state index contributed by atoms with van der Waals surface area (Å²) in [6, 6.07) is 14.4. The number of carbonyl (C=O) groups excluding carboxylic acids is 3. The second-order valence-electron chi connectivity index (χ2n) is 9.34. The largest absolute Gasteiger partial charge is 0.460 e. The molecule has 7 heteroatoms. The normalized spacial score (nSPS) is 14.0. The molecule has 0 fully saturated rings. The molecule has 0 radical (unpaired) electrons. The fourth-order valence-electron chi connectivity index (χ4n) is 4.27. The zero-order chi connectivity index (χ0) is 25.5. The van der Waals surface area contributed by atoms with Crippen molar-refractivity contribution in [2.75, 3.05) is 13.2 Å². The number of fused-ring (bicyclic) bond motifs is 3. The molecule has 0 heterocycles. The molecule has 0 aliphatic heterocycles. The Labute approximate surface area is 206 Å². The zero-order valence-electron chi connectivity index (χ0n) is 20.7. The molecule has 2 aromatic carbocycles. The molecule has 0 spiro atoms. The predicted octanol–water partition coefficient (Wildman–Crippen LogP) is 4.42. The fourth-order valence-corrected chi connectivity index (χ4v) is 4.27. The average molecular weight is 479 g/mol. The molecule has 2 amide bonds. The van der Waals surface area contributed by atoms with E-state index in [4.69, 9.17) is 9.47 Å². The predicted molar refractivity (Wildman–Crippen MR) is 135 cm³/mol. The molecule has 1 aliphatic carbocycles. The molecule has 0 saturated heterocycles. The van der Waals surface area contributed by atoms with E-state index in [2.05, 4.69) is 29.3 Å². The number of rotatable bonds is 10. The highest BCUT2D eigenvalue weighted by molar-refractivity contribution is 5.90. The van der Waals surface area contributed by atoms with Crippen molar-refractivity contribution in [1.29, 1.82) is 0 Å². The minimum atomic E-state index is -0.876. The van der Waals surface area contributed by atoms with E-state index in [1.54, 1.807) is 0 Å². The Morgan fingerprint density at radius 2 is 1.40 bits per heavy atom. The van der Waals surface area contributed by atoms with Crippen molar-refractivity contribution in [2.24, 2.45) is 11.8 Å². The maximum absolute atomic E-state index is 13.0. The van der Waals surface area contributed by atoms with Gasteiger partial charge in [-0.2, -0.15) is 0 Å². The summed E-state index contributed by atoms with van der Waals surface area (Å²) in [5.74, 6) is -1.52. The molecule has 0 saturated carbocycles. The van der Waals surface area contributed by atoms with Gasteiger partial charge in [0.25, 0.3) is 0 Å². The maximum atomic E-state index is 13.0. The van der Waals surface area contributed by atoms with Gasteiger partial charge in [0.2, 0.25) is 5.91 Å². The lowest BCUT2D eigenvalue weighted by Crippen LogP contribution is -2.55. The molecule has 186 valence electrons. The lowest BCUT2D eigenvalue weighted by Gasteiger charge is -2.26. The number of alkyl carbamates (subject to hydrolysis) is 1. The van der Waals surface area contributed by atoms with Crippen molar-refractivity contribution in [1.82, 2.24) is 10.6 Å². The van der Waals surface area contributed by atoms with Crippen LogP contribution in [0, 0.1) is 11.8 Å². The third-order valence-electron chi connectivity index (χ3n) is 6.13. The van der Waals surface area contributed by atoms with Crippen molar-refractivity contribution in [2.45, 2.75) is 45.7 Å². The second-order valence-corrected chi connectivity index (χ2v) is 9.34. The quantitative estimate of drug-likeness (QED) is 0.389. The van der Waals surface area contributed by atoms with Crippen molar-refractivity contribution < 1.29 is 23.9 Å². The van der Waals surface area contributed by atoms with Gasteiger partial charge < -0.3 is 20.1 Å². The Balaban J connectivity index is 1.65. The summed E-state index contributed by atoms with van der Waals surface area (Å²) in [5.41, 5.74) is 4.49. The van der Waals surface area contributed by atoms with Gasteiger partial charge in [-0.15, -0.1) is 0 Å². The topological polar surface area (TPSA) is 93.7 Å². The van der Waals surface area contributed by atoms with Gasteiger partial charge >= 0.3 is 12.1 Å². The number of benzene rings is 2. The Kier molecular flexibility index (Phi) is 8.68. The van der Waals surface area contributed by atoms with Crippen LogP contribution in [0.15, 0.2) is 61.2 Å². The highest BCUT2D eigenvalue weighted by Gasteiger charge is 2.33. The standard InChI is InChI=1S/C28H34N2O5/c1-6-15-34-27(32)25(18(4)5)29-26(31)24(17(2)3)30-28(33)35-16-23-21-13-9-7-11-19(21)20-12-8-10-14-22(20)23/h6-14,17-18,23-25H,1,15-16H2,2-5H3,(H,29,31)(H,30,33)/t24-,25-/m0/s1. The van der Waals surface area contributed by atoms with Gasteiger partial charge in [0.05, 0.1) is 0 Å². The van der Waals surface area contributed by atoms with Crippen LogP contribution in [0.5, 0.6) is 0 Å². The van der Waals surface area contributed by atoms with E-state index in [1.165, 1.54) is 6.08 Å². The summed E-state index contributed by atoms with van der Waals surface area (Å²) < 4.78 is 10.7. The lowest BCUT2D eigenvalue weighted by atomic mass is 9.98. The molecule has 2 atom stereocenters. The first kappa shape index (κ1) is 26.0. The first-order chi connectivity index (χ1) is 16.7. The van der Waals surface area contributed by atoms with Crippen LogP contribution < -0.4 is 10.6 Å². The SMILES string of the molecule is C=CCOC(=O)[C@@H](NC(=O)[C@@H](NC(=O)OCC1c2ccccc2-c2ccccc21)C(C)C)C(C)C. The summed E-state index contributed by atoms with van der Waals surface area (Å²) >= 11 is 0. The summed E-state index contributed by atoms with van der Waals surface area (Å²) in [7, 11) is 0. The third-order valence-corrected chi connectivity index (χ3v) is 6.13. The van der Waals surface area contributed by atoms with Gasteiger partial charge in [-0.05, 0) is 34.1 Å². The van der Waals surface area contributed by atoms with Crippen LogP contribution in [0.2, 0.25) is 0 Å². The van der Waals surface area contributed by atoms with E-state index in [9.17, 15) is 14.4 Å². The smallest absolute Gasteiger partial charge is 0.407 e. The Morgan fingerprint density at radius 1 is 0.857 bits per heavy atom. The van der Waals surface area contributed by atoms with Crippen molar-refractivity contribution in [3.05, 3.63) is 72.3 Å². The minimum Gasteiger partial charge on any atom is -0.460 e. The van der Waals surface area contributed by atoms with Crippen LogP contribution >= 0.6 is 0 Å². The first-order valence-electron chi connectivity index (χ1n) is 11.9. The summed E-state index contributed by atoms with van der Waals surface area (Å²) in [5, 5.41) is 5.39. The average Bonchev–Trinajstić information content (AvgIpc) is 3.16. The van der Waals surface area contributed by atoms with Gasteiger partial charge in [-0.25, -0.2) is 9.59 Å².